The molecule has 3 aromatic carbocycles. The normalized spacial score (nSPS) is 11.2. The minimum Gasteiger partial charge on any atom is -0.493 e. The highest BCUT2D eigenvalue weighted by molar-refractivity contribution is 9.10. The van der Waals surface area contributed by atoms with Crippen LogP contribution in [0.1, 0.15) is 42.3 Å². The van der Waals surface area contributed by atoms with Gasteiger partial charge in [0.25, 0.3) is 11.2 Å². The summed E-state index contributed by atoms with van der Waals surface area (Å²) >= 11 is 3.43. The summed E-state index contributed by atoms with van der Waals surface area (Å²) in [6, 6.07) is 15.3. The van der Waals surface area contributed by atoms with Gasteiger partial charge in [0, 0.05) is 28.6 Å². The first kappa shape index (κ1) is 28.7. The number of unbranched alkanes of at least 4 members (excludes halogenated alkanes) is 1. The second kappa shape index (κ2) is 13.2. The summed E-state index contributed by atoms with van der Waals surface area (Å²) in [5.74, 6) is 1.62. The Kier molecular flexibility index (Phi) is 9.44. The van der Waals surface area contributed by atoms with Crippen LogP contribution in [0.5, 0.6) is 11.5 Å². The quantitative estimate of drug-likeness (QED) is 0.0779. The molecule has 0 fully saturated rings. The Labute approximate surface area is 240 Å². The van der Waals surface area contributed by atoms with E-state index >= 15 is 0 Å². The van der Waals surface area contributed by atoms with Gasteiger partial charge < -0.3 is 9.47 Å². The molecule has 9 nitrogen and oxygen atoms in total. The van der Waals surface area contributed by atoms with Crippen LogP contribution in [0.25, 0.3) is 10.9 Å². The van der Waals surface area contributed by atoms with Crippen molar-refractivity contribution in [3.05, 3.63) is 115 Å². The zero-order valence-corrected chi connectivity index (χ0v) is 23.9. The lowest BCUT2D eigenvalue weighted by molar-refractivity contribution is -0.384. The predicted octanol–water partition coefficient (Wildman–Crippen LogP) is 6.61. The van der Waals surface area contributed by atoms with Crippen molar-refractivity contribution in [1.29, 1.82) is 0 Å². The minimum absolute atomic E-state index is 0.0172. The average molecular weight is 605 g/mol. The van der Waals surface area contributed by atoms with Crippen LogP contribution >= 0.6 is 15.9 Å². The molecule has 0 saturated carbocycles. The molecular weight excluding hydrogens is 576 g/mol. The van der Waals surface area contributed by atoms with Gasteiger partial charge in [-0.05, 0) is 66.4 Å². The highest BCUT2D eigenvalue weighted by atomic mass is 79.9. The van der Waals surface area contributed by atoms with Crippen LogP contribution in [0.2, 0.25) is 0 Å². The number of aryl methyl sites for hydroxylation is 1. The van der Waals surface area contributed by atoms with Crippen molar-refractivity contribution >= 4 is 38.7 Å². The van der Waals surface area contributed by atoms with E-state index in [1.54, 1.807) is 43.7 Å². The lowest BCUT2D eigenvalue weighted by Gasteiger charge is -2.16. The highest BCUT2D eigenvalue weighted by Gasteiger charge is 2.15. The molecule has 0 N–H and O–H groups in total. The fourth-order valence-electron chi connectivity index (χ4n) is 4.19. The summed E-state index contributed by atoms with van der Waals surface area (Å²) in [5.41, 5.74) is 2.71. The van der Waals surface area contributed by atoms with Crippen LogP contribution in [0.3, 0.4) is 0 Å². The first-order chi connectivity index (χ1) is 19.3. The van der Waals surface area contributed by atoms with Crippen molar-refractivity contribution in [3.8, 4) is 11.5 Å². The van der Waals surface area contributed by atoms with Gasteiger partial charge in [0.1, 0.15) is 12.4 Å². The number of hydrogen-bond acceptors (Lipinski definition) is 7. The van der Waals surface area contributed by atoms with Crippen molar-refractivity contribution < 1.29 is 14.4 Å². The maximum Gasteiger partial charge on any atom is 0.282 e. The van der Waals surface area contributed by atoms with Gasteiger partial charge in [0.2, 0.25) is 0 Å². The van der Waals surface area contributed by atoms with E-state index in [1.807, 2.05) is 18.2 Å². The summed E-state index contributed by atoms with van der Waals surface area (Å²) in [6.45, 7) is 6.14. The monoisotopic (exact) mass is 604 g/mol. The molecule has 0 bridgehead atoms. The molecule has 1 heterocycles. The first-order valence-electron chi connectivity index (χ1n) is 12.8. The van der Waals surface area contributed by atoms with Crippen LogP contribution < -0.4 is 15.0 Å². The highest BCUT2D eigenvalue weighted by Crippen LogP contribution is 2.34. The van der Waals surface area contributed by atoms with E-state index in [2.05, 4.69) is 34.5 Å². The summed E-state index contributed by atoms with van der Waals surface area (Å²) in [4.78, 5) is 28.6. The number of nitro groups is 1. The number of halogens is 1. The number of nitro benzene ring substituents is 1. The smallest absolute Gasteiger partial charge is 0.282 e. The molecule has 0 aliphatic carbocycles. The Hall–Kier alpha value is -4.31. The van der Waals surface area contributed by atoms with Crippen molar-refractivity contribution in [2.75, 3.05) is 7.11 Å². The standard InChI is InChI=1S/C30H29BrN4O5/c1-4-6-8-28-33-26-14-11-23(31)17-25(26)30(36)34(28)32-18-21-15-22(7-5-2)29(27(16-21)39-3)40-19-20-9-12-24(13-10-20)35(37)38/h5,9-18H,2,4,6-8,19H2,1,3H3. The lowest BCUT2D eigenvalue weighted by Crippen LogP contribution is -2.22. The van der Waals surface area contributed by atoms with E-state index in [1.165, 1.54) is 16.8 Å². The summed E-state index contributed by atoms with van der Waals surface area (Å²) < 4.78 is 13.9. The number of nitrogens with zero attached hydrogens (tertiary/aromatic N) is 4. The lowest BCUT2D eigenvalue weighted by atomic mass is 10.1. The predicted molar refractivity (Wildman–Crippen MR) is 160 cm³/mol. The minimum atomic E-state index is -0.441. The molecule has 10 heteroatoms. The molecule has 0 atom stereocenters. The topological polar surface area (TPSA) is 109 Å². The van der Waals surface area contributed by atoms with Gasteiger partial charge in [-0.1, -0.05) is 35.4 Å². The SMILES string of the molecule is C=CCc1cc(C=Nn2c(CCCC)nc3ccc(Br)cc3c2=O)cc(OC)c1OCc1ccc([N+](=O)[O-])cc1. The Bertz CT molecular complexity index is 1630. The molecule has 1 aromatic heterocycles. The molecule has 4 aromatic rings. The molecule has 0 aliphatic rings. The number of aromatic nitrogens is 2. The summed E-state index contributed by atoms with van der Waals surface area (Å²) in [5, 5.41) is 16.0. The second-order valence-electron chi connectivity index (χ2n) is 9.07. The van der Waals surface area contributed by atoms with Gasteiger partial charge in [-0.25, -0.2) is 4.98 Å². The van der Waals surface area contributed by atoms with Gasteiger partial charge >= 0.3 is 0 Å². The molecule has 0 spiro atoms. The van der Waals surface area contributed by atoms with Crippen molar-refractivity contribution in [1.82, 2.24) is 9.66 Å². The molecule has 206 valence electrons. The van der Waals surface area contributed by atoms with Crippen LogP contribution in [0.15, 0.2) is 81.6 Å². The van der Waals surface area contributed by atoms with E-state index in [0.717, 1.165) is 28.4 Å². The maximum atomic E-state index is 13.4. The van der Waals surface area contributed by atoms with E-state index in [4.69, 9.17) is 14.5 Å². The van der Waals surface area contributed by atoms with Gasteiger partial charge in [-0.2, -0.15) is 9.78 Å². The van der Waals surface area contributed by atoms with Gasteiger partial charge in [-0.15, -0.1) is 6.58 Å². The largest absolute Gasteiger partial charge is 0.493 e. The van der Waals surface area contributed by atoms with Crippen LogP contribution in [-0.4, -0.2) is 27.9 Å². The number of non-ortho nitro benzene ring substituents is 1. The number of ether oxygens (including phenoxy) is 2. The number of benzene rings is 3. The van der Waals surface area contributed by atoms with Gasteiger partial charge in [0.15, 0.2) is 11.5 Å². The molecule has 0 aliphatic heterocycles. The van der Waals surface area contributed by atoms with Crippen molar-refractivity contribution in [2.24, 2.45) is 5.10 Å². The first-order valence-corrected chi connectivity index (χ1v) is 13.6. The zero-order chi connectivity index (χ0) is 28.6. The van der Waals surface area contributed by atoms with Crippen LogP contribution in [0.4, 0.5) is 5.69 Å². The number of rotatable bonds is 12. The van der Waals surface area contributed by atoms with Crippen molar-refractivity contribution in [3.63, 3.8) is 0 Å². The fraction of sp³-hybridized carbons (Fsp3) is 0.233. The summed E-state index contributed by atoms with van der Waals surface area (Å²) in [7, 11) is 1.55. The molecule has 40 heavy (non-hydrogen) atoms. The maximum absolute atomic E-state index is 13.4. The average Bonchev–Trinajstić information content (AvgIpc) is 2.95. The Morgan fingerprint density at radius 1 is 1.18 bits per heavy atom. The van der Waals surface area contributed by atoms with E-state index in [9.17, 15) is 14.9 Å². The molecule has 0 saturated heterocycles. The third-order valence-corrected chi connectivity index (χ3v) is 6.71. The van der Waals surface area contributed by atoms with E-state index in [0.29, 0.717) is 46.6 Å². The Morgan fingerprint density at radius 3 is 2.62 bits per heavy atom. The number of fused-ring (bicyclic) bond motifs is 1. The third kappa shape index (κ3) is 6.63. The second-order valence-corrected chi connectivity index (χ2v) is 9.99. The molecular formula is C30H29BrN4O5. The van der Waals surface area contributed by atoms with Crippen molar-refractivity contribution in [2.45, 2.75) is 39.2 Å². The summed E-state index contributed by atoms with van der Waals surface area (Å²) in [6.07, 6.45) is 6.32. The number of allylic oxidation sites excluding steroid dienone is 1. The van der Waals surface area contributed by atoms with E-state index < -0.39 is 4.92 Å². The van der Waals surface area contributed by atoms with E-state index in [-0.39, 0.29) is 17.9 Å². The molecule has 0 unspecified atom stereocenters. The Balaban J connectivity index is 1.69. The van der Waals surface area contributed by atoms with Crippen LogP contribution in [0, 0.1) is 10.1 Å². The molecule has 0 amide bonds. The van der Waals surface area contributed by atoms with Gasteiger partial charge in [0.05, 0.1) is 29.2 Å². The van der Waals surface area contributed by atoms with Crippen LogP contribution in [-0.2, 0) is 19.4 Å². The van der Waals surface area contributed by atoms with Gasteiger partial charge in [-0.3, -0.25) is 14.9 Å². The third-order valence-electron chi connectivity index (χ3n) is 6.22. The molecule has 0 radical (unpaired) electrons. The number of methoxy groups -OCH3 is 1. The molecule has 4 rings (SSSR count). The number of hydrogen-bond donors (Lipinski definition) is 0. The zero-order valence-electron chi connectivity index (χ0n) is 22.3. The Morgan fingerprint density at radius 2 is 1.95 bits per heavy atom. The fourth-order valence-corrected chi connectivity index (χ4v) is 4.55.